The molecule has 0 N–H and O–H groups in total. The molecule has 0 heterocycles. The minimum atomic E-state index is -15.7. The summed E-state index contributed by atoms with van der Waals surface area (Å²) in [5.74, 6) is -338. The standard InChI is InChI=1S/C36F75OP/c37-1(38,7(49,50)13(61,62)19(73,74)25(85,86)31(97,98)99)4(43,44)10(55,56)16(67,68)22(79,80)28(91,92)34(106,107)113(112,35(108,109)29(93,94)23(81,82)17(69,70)11(57,58)5(45,46)2(39,40)8(51,52)14(63,64)20(75,76)26(87,88)32(100,101)102)36(110,111)30(95,96)24(83,84)18(71,72)12(59,60)6(47,48)3(41,42)9(53,54)15(65,66)21(77,78)27(89,90)33(103,104)105. The van der Waals surface area contributed by atoms with Crippen molar-refractivity contribution < 1.29 is 334 Å². The summed E-state index contributed by atoms with van der Waals surface area (Å²) >= 11 is 0. The normalized spacial score (nSPS) is 17.7. The van der Waals surface area contributed by atoms with E-state index < -0.39 is 220 Å². The van der Waals surface area contributed by atoms with Crippen molar-refractivity contribution in [2.24, 2.45) is 0 Å². The quantitative estimate of drug-likeness (QED) is 0.0473. The van der Waals surface area contributed by atoms with Gasteiger partial charge in [-0.3, -0.25) is 0 Å². The van der Waals surface area contributed by atoms with Crippen molar-refractivity contribution in [3.05, 3.63) is 0 Å². The van der Waals surface area contributed by atoms with E-state index in [2.05, 4.69) is 0 Å². The van der Waals surface area contributed by atoms with Crippen LogP contribution in [0.5, 0.6) is 0 Å². The predicted octanol–water partition coefficient (Wildman–Crippen LogP) is 24.9. The second kappa shape index (κ2) is 25.5. The molecule has 0 aromatic rings. The Hall–Kier alpha value is -5.02. The fourth-order valence-corrected chi connectivity index (χ4v) is 9.62. The molecule has 0 saturated carbocycles. The van der Waals surface area contributed by atoms with Crippen LogP contribution in [-0.4, -0.2) is 213 Å². The summed E-state index contributed by atoms with van der Waals surface area (Å²) in [4.78, 5) is 0. The van der Waals surface area contributed by atoms with Gasteiger partial charge in [-0.15, -0.1) is 0 Å². The number of hydrogen-bond donors (Lipinski definition) is 0. The third-order valence-electron chi connectivity index (χ3n) is 14.0. The van der Waals surface area contributed by atoms with Crippen LogP contribution in [0.2, 0.25) is 0 Å². The lowest BCUT2D eigenvalue weighted by Gasteiger charge is -2.50. The fourth-order valence-electron chi connectivity index (χ4n) is 6.96. The van der Waals surface area contributed by atoms with Gasteiger partial charge in [0.25, 0.3) is 0 Å². The van der Waals surface area contributed by atoms with Crippen molar-refractivity contribution in [3.63, 3.8) is 0 Å². The van der Waals surface area contributed by atoms with E-state index in [0.717, 1.165) is 0 Å². The highest BCUT2D eigenvalue weighted by atomic mass is 31.2. The molecule has 0 aromatic heterocycles. The first-order valence-corrected chi connectivity index (χ1v) is 25.0. The molecule has 0 bridgehead atoms. The molecule has 0 unspecified atom stereocenters. The van der Waals surface area contributed by atoms with E-state index in [4.69, 9.17) is 0 Å². The molecule has 0 aromatic carbocycles. The van der Waals surface area contributed by atoms with Crippen molar-refractivity contribution in [2.75, 3.05) is 0 Å². The van der Waals surface area contributed by atoms with Crippen LogP contribution in [0.3, 0.4) is 0 Å². The van der Waals surface area contributed by atoms with Crippen molar-refractivity contribution in [1.82, 2.24) is 0 Å². The average molecular weight is 1900 g/mol. The summed E-state index contributed by atoms with van der Waals surface area (Å²) in [7, 11) is -15.7. The zero-order valence-electron chi connectivity index (χ0n) is 47.2. The van der Waals surface area contributed by atoms with Crippen molar-refractivity contribution in [3.8, 4) is 0 Å². The van der Waals surface area contributed by atoms with Crippen molar-refractivity contribution in [2.45, 2.75) is 213 Å². The molecule has 0 rings (SSSR count). The first-order chi connectivity index (χ1) is 47.0. The number of halogens is 75. The monoisotopic (exact) mass is 1900 g/mol. The Morgan fingerprint density at radius 3 is 0.204 bits per heavy atom. The van der Waals surface area contributed by atoms with Gasteiger partial charge >= 0.3 is 220 Å². The van der Waals surface area contributed by atoms with Crippen molar-refractivity contribution >= 4 is 7.14 Å². The maximum Gasteiger partial charge on any atom is 0.460 e. The van der Waals surface area contributed by atoms with E-state index in [0.29, 0.717) is 0 Å². The molecule has 0 radical (unpaired) electrons. The molecule has 0 saturated heterocycles. The van der Waals surface area contributed by atoms with Gasteiger partial charge in [0.15, 0.2) is 0 Å². The van der Waals surface area contributed by atoms with Gasteiger partial charge in [-0.1, -0.05) is 0 Å². The maximum atomic E-state index is 15.7. The van der Waals surface area contributed by atoms with E-state index in [1.165, 1.54) is 0 Å². The van der Waals surface area contributed by atoms with Crippen LogP contribution in [0.4, 0.5) is 329 Å². The molecule has 1 nitrogen and oxygen atoms in total. The van der Waals surface area contributed by atoms with E-state index >= 15 is 52.7 Å². The highest BCUT2D eigenvalue weighted by molar-refractivity contribution is 7.67. The summed E-state index contributed by atoms with van der Waals surface area (Å²) in [5.41, 5.74) is -39.0. The second-order valence-corrected chi connectivity index (χ2v) is 23.9. The minimum Gasteiger partial charge on any atom is -0.304 e. The van der Waals surface area contributed by atoms with Gasteiger partial charge in [0.2, 0.25) is 0 Å². The lowest BCUT2D eigenvalue weighted by molar-refractivity contribution is -0.482. The lowest BCUT2D eigenvalue weighted by Crippen LogP contribution is -2.79. The molecule has 0 amide bonds. The van der Waals surface area contributed by atoms with Gasteiger partial charge in [0, 0.05) is 0 Å². The Morgan fingerprint density at radius 2 is 0.142 bits per heavy atom. The Bertz CT molecular complexity index is 3130. The molecule has 680 valence electrons. The molecule has 0 atom stereocenters. The molecular weight excluding hydrogens is 1900 g/mol. The number of hydrogen-bond acceptors (Lipinski definition) is 1. The zero-order valence-corrected chi connectivity index (χ0v) is 48.1. The Balaban J connectivity index is 10.6. The lowest BCUT2D eigenvalue weighted by atomic mass is 9.85. The van der Waals surface area contributed by atoms with Crippen LogP contribution >= 0.6 is 7.14 Å². The topological polar surface area (TPSA) is 17.1 Å². The summed E-state index contributed by atoms with van der Waals surface area (Å²) in [6.45, 7) is 0. The Kier molecular flexibility index (Phi) is 24.4. The van der Waals surface area contributed by atoms with Crippen LogP contribution in [0, 0.1) is 0 Å². The second-order valence-electron chi connectivity index (χ2n) is 21.0. The third-order valence-corrected chi connectivity index (χ3v) is 17.3. The van der Waals surface area contributed by atoms with Crippen LogP contribution in [0.15, 0.2) is 0 Å². The smallest absolute Gasteiger partial charge is 0.304 e. The SMILES string of the molecule is O=P(C(F)(F)C(F)(F)C(F)(F)C(F)(F)C(F)(F)C(F)(F)C(F)(F)C(F)(F)C(F)(F)C(F)(F)C(F)(F)C(F)(F)F)(C(F)(F)C(F)(F)C(F)(F)C(F)(F)C(F)(F)C(F)(F)C(F)(F)C(F)(F)C(F)(F)C(F)(F)C(F)(F)C(F)(F)F)C(F)(F)C(F)(F)C(F)(F)C(F)(F)C(F)(F)C(F)(F)C(F)(F)C(F)(F)C(F)(F)C(F)(F)C(F)(F)C(F)(F)F. The van der Waals surface area contributed by atoms with E-state index in [1.54, 1.807) is 0 Å². The van der Waals surface area contributed by atoms with Crippen LogP contribution < -0.4 is 0 Å². The third kappa shape index (κ3) is 11.6. The number of rotatable bonds is 33. The van der Waals surface area contributed by atoms with E-state index in [9.17, 15) is 281 Å². The molecule has 0 spiro atoms. The van der Waals surface area contributed by atoms with Gasteiger partial charge in [0.05, 0.1) is 0 Å². The molecule has 0 aliphatic carbocycles. The summed E-state index contributed by atoms with van der Waals surface area (Å²) < 4.78 is 1070. The molecular formula is C36F75OP. The predicted molar refractivity (Wildman–Crippen MR) is 189 cm³/mol. The number of alkyl halides is 75. The van der Waals surface area contributed by atoms with E-state index in [-0.39, 0.29) is 0 Å². The van der Waals surface area contributed by atoms with Gasteiger partial charge in [-0.25, -0.2) is 0 Å². The Labute approximate surface area is 555 Å². The van der Waals surface area contributed by atoms with Crippen molar-refractivity contribution in [1.29, 1.82) is 0 Å². The zero-order chi connectivity index (χ0) is 94.5. The Morgan fingerprint density at radius 1 is 0.0885 bits per heavy atom. The first kappa shape index (κ1) is 108. The van der Waals surface area contributed by atoms with Crippen LogP contribution in [0.25, 0.3) is 0 Å². The summed E-state index contributed by atoms with van der Waals surface area (Å²) in [6.07, 6.45) is -27.1. The summed E-state index contributed by atoms with van der Waals surface area (Å²) in [5, 5.41) is 0. The molecule has 0 fully saturated rings. The van der Waals surface area contributed by atoms with Gasteiger partial charge < -0.3 is 4.57 Å². The average Bonchev–Trinajstić information content (AvgIpc) is 0.657. The largest absolute Gasteiger partial charge is 0.460 e. The molecule has 77 heteroatoms. The van der Waals surface area contributed by atoms with Gasteiger partial charge in [-0.2, -0.15) is 329 Å². The molecule has 113 heavy (non-hydrogen) atoms. The highest BCUT2D eigenvalue weighted by Crippen LogP contribution is 2.89. The van der Waals surface area contributed by atoms with Crippen LogP contribution in [-0.2, 0) is 4.57 Å². The minimum absolute atomic E-state index is 9.03. The van der Waals surface area contributed by atoms with Gasteiger partial charge in [0.1, 0.15) is 0 Å². The summed E-state index contributed by atoms with van der Waals surface area (Å²) in [6, 6.07) is 0. The van der Waals surface area contributed by atoms with Gasteiger partial charge in [-0.05, 0) is 0 Å². The van der Waals surface area contributed by atoms with Crippen LogP contribution in [0.1, 0.15) is 0 Å². The fraction of sp³-hybridized carbons (Fsp3) is 1.00. The molecule has 0 aliphatic rings. The molecule has 0 aliphatic heterocycles. The highest BCUT2D eigenvalue weighted by Gasteiger charge is 3.09. The van der Waals surface area contributed by atoms with E-state index in [1.807, 2.05) is 0 Å². The maximum absolute atomic E-state index is 15.7. The first-order valence-electron chi connectivity index (χ1n) is 23.3.